The molecule has 0 saturated carbocycles. The van der Waals surface area contributed by atoms with Gasteiger partial charge in [0, 0.05) is 18.0 Å². The second-order valence-corrected chi connectivity index (χ2v) is 6.42. The fourth-order valence-corrected chi connectivity index (χ4v) is 2.71. The zero-order valence-electron chi connectivity index (χ0n) is 10.1. The van der Waals surface area contributed by atoms with E-state index >= 15 is 0 Å². The van der Waals surface area contributed by atoms with Gasteiger partial charge in [-0.3, -0.25) is 4.79 Å². The predicted octanol–water partition coefficient (Wildman–Crippen LogP) is 2.03. The maximum Gasteiger partial charge on any atom is 0.221 e. The van der Waals surface area contributed by atoms with Gasteiger partial charge in [0.05, 0.1) is 10.6 Å². The molecule has 1 rings (SSSR count). The quantitative estimate of drug-likeness (QED) is 0.871. The van der Waals surface area contributed by atoms with Crippen LogP contribution in [0.1, 0.15) is 19.8 Å². The molecule has 1 aromatic rings. The Balaban J connectivity index is 2.60. The molecule has 0 heterocycles. The molecule has 1 amide bonds. The Morgan fingerprint density at radius 1 is 1.28 bits per heavy atom. The summed E-state index contributed by atoms with van der Waals surface area (Å²) in [7, 11) is -3.42. The highest BCUT2D eigenvalue weighted by atomic mass is 35.5. The van der Waals surface area contributed by atoms with Gasteiger partial charge in [-0.05, 0) is 30.7 Å². The molecule has 0 fully saturated rings. The number of hydrogen-bond donors (Lipinski definition) is 1. The Hall–Kier alpha value is -1.07. The van der Waals surface area contributed by atoms with E-state index in [1.807, 2.05) is 6.92 Å². The highest BCUT2D eigenvalue weighted by Gasteiger charge is 2.16. The van der Waals surface area contributed by atoms with E-state index in [0.29, 0.717) is 11.6 Å². The Bertz CT molecular complexity index is 497. The number of sulfone groups is 1. The summed E-state index contributed by atoms with van der Waals surface area (Å²) < 4.78 is 23.8. The van der Waals surface area contributed by atoms with Gasteiger partial charge < -0.3 is 5.32 Å². The number of hydrogen-bond acceptors (Lipinski definition) is 3. The van der Waals surface area contributed by atoms with E-state index in [1.54, 1.807) is 0 Å². The SMILES string of the molecule is CCCNC(=O)CCS(=O)(=O)c1ccc(Cl)cc1. The molecule has 4 nitrogen and oxygen atoms in total. The van der Waals surface area contributed by atoms with E-state index in [1.165, 1.54) is 24.3 Å². The molecule has 0 saturated heterocycles. The molecule has 1 N–H and O–H groups in total. The summed E-state index contributed by atoms with van der Waals surface area (Å²) in [6.45, 7) is 2.50. The van der Waals surface area contributed by atoms with Gasteiger partial charge in [0.2, 0.25) is 5.91 Å². The third-order valence-electron chi connectivity index (χ3n) is 2.34. The van der Waals surface area contributed by atoms with Crippen molar-refractivity contribution in [2.45, 2.75) is 24.7 Å². The van der Waals surface area contributed by atoms with Crippen LogP contribution in [0.3, 0.4) is 0 Å². The molecule has 0 unspecified atom stereocenters. The number of nitrogens with one attached hydrogen (secondary N) is 1. The number of amides is 1. The van der Waals surface area contributed by atoms with Gasteiger partial charge in [0.15, 0.2) is 9.84 Å². The fraction of sp³-hybridized carbons (Fsp3) is 0.417. The third kappa shape index (κ3) is 4.66. The van der Waals surface area contributed by atoms with Crippen LogP contribution in [-0.4, -0.2) is 26.6 Å². The normalized spacial score (nSPS) is 11.2. The first-order valence-electron chi connectivity index (χ1n) is 5.70. The molecule has 0 atom stereocenters. The topological polar surface area (TPSA) is 63.2 Å². The third-order valence-corrected chi connectivity index (χ3v) is 4.33. The summed E-state index contributed by atoms with van der Waals surface area (Å²) in [5.74, 6) is -0.432. The van der Waals surface area contributed by atoms with Crippen molar-refractivity contribution < 1.29 is 13.2 Å². The van der Waals surface area contributed by atoms with Gasteiger partial charge >= 0.3 is 0 Å². The van der Waals surface area contributed by atoms with Crippen molar-refractivity contribution in [3.63, 3.8) is 0 Å². The maximum atomic E-state index is 11.9. The lowest BCUT2D eigenvalue weighted by Crippen LogP contribution is -2.26. The minimum absolute atomic E-state index is 0.0229. The second kappa shape index (κ2) is 6.75. The van der Waals surface area contributed by atoms with Crippen LogP contribution in [0.25, 0.3) is 0 Å². The Labute approximate surface area is 112 Å². The smallest absolute Gasteiger partial charge is 0.221 e. The van der Waals surface area contributed by atoms with Crippen molar-refractivity contribution >= 4 is 27.3 Å². The van der Waals surface area contributed by atoms with Crippen LogP contribution in [0.2, 0.25) is 5.02 Å². The largest absolute Gasteiger partial charge is 0.356 e. The van der Waals surface area contributed by atoms with E-state index in [0.717, 1.165) is 6.42 Å². The molecule has 0 aliphatic rings. The summed E-state index contributed by atoms with van der Waals surface area (Å²) in [6, 6.07) is 5.93. The number of carbonyl (C=O) groups is 1. The lowest BCUT2D eigenvalue weighted by molar-refractivity contribution is -0.120. The Kier molecular flexibility index (Phi) is 5.62. The van der Waals surface area contributed by atoms with Crippen LogP contribution in [0.4, 0.5) is 0 Å². The van der Waals surface area contributed by atoms with Crippen LogP contribution >= 0.6 is 11.6 Å². The van der Waals surface area contributed by atoms with Crippen molar-refractivity contribution in [1.82, 2.24) is 5.32 Å². The number of carbonyl (C=O) groups excluding carboxylic acids is 1. The predicted molar refractivity (Wildman–Crippen MR) is 71.4 cm³/mol. The van der Waals surface area contributed by atoms with Gasteiger partial charge in [0.1, 0.15) is 0 Å². The monoisotopic (exact) mass is 289 g/mol. The molecule has 0 aromatic heterocycles. The van der Waals surface area contributed by atoms with E-state index < -0.39 is 9.84 Å². The van der Waals surface area contributed by atoms with Crippen LogP contribution in [0.5, 0.6) is 0 Å². The van der Waals surface area contributed by atoms with Crippen molar-refractivity contribution in [1.29, 1.82) is 0 Å². The highest BCUT2D eigenvalue weighted by molar-refractivity contribution is 7.91. The first-order chi connectivity index (χ1) is 8.45. The molecule has 0 aliphatic carbocycles. The van der Waals surface area contributed by atoms with Gasteiger partial charge in [-0.25, -0.2) is 8.42 Å². The van der Waals surface area contributed by atoms with Crippen molar-refractivity contribution in [3.05, 3.63) is 29.3 Å². The second-order valence-electron chi connectivity index (χ2n) is 3.87. The molecule has 0 radical (unpaired) electrons. The first-order valence-corrected chi connectivity index (χ1v) is 7.74. The van der Waals surface area contributed by atoms with E-state index in [2.05, 4.69) is 5.32 Å². The van der Waals surface area contributed by atoms with Crippen molar-refractivity contribution in [3.8, 4) is 0 Å². The summed E-state index contributed by atoms with van der Waals surface area (Å²) >= 11 is 5.69. The lowest BCUT2D eigenvalue weighted by Gasteiger charge is -2.05. The van der Waals surface area contributed by atoms with Gasteiger partial charge in [-0.2, -0.15) is 0 Å². The average Bonchev–Trinajstić information content (AvgIpc) is 2.34. The van der Waals surface area contributed by atoms with E-state index in [-0.39, 0.29) is 23.0 Å². The maximum absolute atomic E-state index is 11.9. The average molecular weight is 290 g/mol. The van der Waals surface area contributed by atoms with Gasteiger partial charge in [0.25, 0.3) is 0 Å². The molecular formula is C12H16ClNO3S. The summed E-state index contributed by atoms with van der Waals surface area (Å²) in [4.78, 5) is 11.5. The number of benzene rings is 1. The summed E-state index contributed by atoms with van der Waals surface area (Å²) in [5.41, 5.74) is 0. The lowest BCUT2D eigenvalue weighted by atomic mass is 10.4. The number of halogens is 1. The Morgan fingerprint density at radius 2 is 1.89 bits per heavy atom. The molecule has 0 spiro atoms. The molecule has 1 aromatic carbocycles. The zero-order chi connectivity index (χ0) is 13.6. The Morgan fingerprint density at radius 3 is 2.44 bits per heavy atom. The molecule has 0 bridgehead atoms. The molecule has 18 heavy (non-hydrogen) atoms. The first kappa shape index (κ1) is 15.0. The minimum Gasteiger partial charge on any atom is -0.356 e. The summed E-state index contributed by atoms with van der Waals surface area (Å²) in [6.07, 6.45) is 0.806. The van der Waals surface area contributed by atoms with Gasteiger partial charge in [-0.15, -0.1) is 0 Å². The fourth-order valence-electron chi connectivity index (χ4n) is 1.34. The minimum atomic E-state index is -3.42. The van der Waals surface area contributed by atoms with Crippen LogP contribution in [-0.2, 0) is 14.6 Å². The van der Waals surface area contributed by atoms with Crippen molar-refractivity contribution in [2.24, 2.45) is 0 Å². The molecule has 100 valence electrons. The van der Waals surface area contributed by atoms with Crippen molar-refractivity contribution in [2.75, 3.05) is 12.3 Å². The molecule has 6 heteroatoms. The standard InChI is InChI=1S/C12H16ClNO3S/c1-2-8-14-12(15)7-9-18(16,17)11-5-3-10(13)4-6-11/h3-6H,2,7-9H2,1H3,(H,14,15). The summed E-state index contributed by atoms with van der Waals surface area (Å²) in [5, 5.41) is 3.12. The molecule has 0 aliphatic heterocycles. The van der Waals surface area contributed by atoms with Crippen LogP contribution in [0.15, 0.2) is 29.2 Å². The van der Waals surface area contributed by atoms with Gasteiger partial charge in [-0.1, -0.05) is 18.5 Å². The zero-order valence-corrected chi connectivity index (χ0v) is 11.7. The van der Waals surface area contributed by atoms with Crippen LogP contribution < -0.4 is 5.32 Å². The van der Waals surface area contributed by atoms with E-state index in [4.69, 9.17) is 11.6 Å². The van der Waals surface area contributed by atoms with Crippen LogP contribution in [0, 0.1) is 0 Å². The molecular weight excluding hydrogens is 274 g/mol. The van der Waals surface area contributed by atoms with E-state index in [9.17, 15) is 13.2 Å². The highest BCUT2D eigenvalue weighted by Crippen LogP contribution is 2.15. The number of rotatable bonds is 6.